The van der Waals surface area contributed by atoms with E-state index in [0.717, 1.165) is 5.46 Å². The van der Waals surface area contributed by atoms with Crippen LogP contribution in [0, 0.1) is 0 Å². The van der Waals surface area contributed by atoms with Gasteiger partial charge in [0.15, 0.2) is 0 Å². The third kappa shape index (κ3) is 2.27. The Morgan fingerprint density at radius 3 is 2.22 bits per heavy atom. The van der Waals surface area contributed by atoms with E-state index in [1.807, 2.05) is 11.3 Å². The predicted octanol–water partition coefficient (Wildman–Crippen LogP) is 5.51. The zero-order valence-electron chi connectivity index (χ0n) is 16.8. The molecule has 0 unspecified atom stereocenters. The average Bonchev–Trinajstić information content (AvgIpc) is 3.16. The van der Waals surface area contributed by atoms with Crippen molar-refractivity contribution < 1.29 is 9.31 Å². The summed E-state index contributed by atoms with van der Waals surface area (Å²) in [7, 11) is -0.318. The highest BCUT2D eigenvalue weighted by Crippen LogP contribution is 2.55. The molecule has 2 nitrogen and oxygen atoms in total. The molecule has 2 aromatic carbocycles. The SMILES string of the molecule is CC1(C)c2ccc(B3OC(C)(C)C(C)(C)O3)cc2-c2sc3ccccc3c21. The molecule has 1 aromatic heterocycles. The number of rotatable bonds is 1. The van der Waals surface area contributed by atoms with Gasteiger partial charge in [-0.3, -0.25) is 0 Å². The highest BCUT2D eigenvalue weighted by Gasteiger charge is 2.52. The van der Waals surface area contributed by atoms with Crippen molar-refractivity contribution in [3.8, 4) is 10.4 Å². The molecular formula is C23H25BO2S. The largest absolute Gasteiger partial charge is 0.494 e. The molecule has 0 amide bonds. The van der Waals surface area contributed by atoms with E-state index in [2.05, 4.69) is 84.0 Å². The average molecular weight is 376 g/mol. The number of benzene rings is 2. The normalized spacial score (nSPS) is 21.5. The van der Waals surface area contributed by atoms with Gasteiger partial charge >= 0.3 is 7.12 Å². The van der Waals surface area contributed by atoms with Crippen molar-refractivity contribution in [3.05, 3.63) is 53.6 Å². The molecule has 1 aliphatic carbocycles. The lowest BCUT2D eigenvalue weighted by atomic mass is 9.76. The first kappa shape index (κ1) is 17.5. The summed E-state index contributed by atoms with van der Waals surface area (Å²) in [6.07, 6.45) is 0. The molecule has 0 spiro atoms. The molecule has 1 aliphatic heterocycles. The van der Waals surface area contributed by atoms with Crippen LogP contribution < -0.4 is 5.46 Å². The van der Waals surface area contributed by atoms with Crippen LogP contribution in [0.1, 0.15) is 52.7 Å². The molecular weight excluding hydrogens is 351 g/mol. The van der Waals surface area contributed by atoms with E-state index in [0.29, 0.717) is 0 Å². The minimum atomic E-state index is -0.321. The lowest BCUT2D eigenvalue weighted by molar-refractivity contribution is 0.00578. The van der Waals surface area contributed by atoms with Crippen LogP contribution in [0.2, 0.25) is 0 Å². The Balaban J connectivity index is 1.66. The number of hydrogen-bond donors (Lipinski definition) is 0. The molecule has 3 aromatic rings. The first-order valence-corrected chi connectivity index (χ1v) is 10.5. The zero-order valence-corrected chi connectivity index (χ0v) is 17.7. The van der Waals surface area contributed by atoms with E-state index in [4.69, 9.17) is 9.31 Å². The van der Waals surface area contributed by atoms with E-state index in [9.17, 15) is 0 Å². The van der Waals surface area contributed by atoms with Gasteiger partial charge in [-0.25, -0.2) is 0 Å². The topological polar surface area (TPSA) is 18.5 Å². The van der Waals surface area contributed by atoms with Gasteiger partial charge < -0.3 is 9.31 Å². The summed E-state index contributed by atoms with van der Waals surface area (Å²) in [5.74, 6) is 0. The Hall–Kier alpha value is -1.62. The number of hydrogen-bond acceptors (Lipinski definition) is 3. The van der Waals surface area contributed by atoms with Gasteiger partial charge in [0.25, 0.3) is 0 Å². The fourth-order valence-corrected chi connectivity index (χ4v) is 5.80. The molecule has 0 bridgehead atoms. The van der Waals surface area contributed by atoms with Crippen molar-refractivity contribution in [3.63, 3.8) is 0 Å². The number of fused-ring (bicyclic) bond motifs is 5. The molecule has 0 saturated carbocycles. The zero-order chi connectivity index (χ0) is 19.2. The summed E-state index contributed by atoms with van der Waals surface area (Å²) in [5, 5.41) is 1.39. The van der Waals surface area contributed by atoms with Gasteiger partial charge in [0.2, 0.25) is 0 Å². The maximum Gasteiger partial charge on any atom is 0.494 e. The quantitative estimate of drug-likeness (QED) is 0.522. The molecule has 0 radical (unpaired) electrons. The minimum absolute atomic E-state index is 0.0126. The Labute approximate surface area is 165 Å². The summed E-state index contributed by atoms with van der Waals surface area (Å²) in [4.78, 5) is 1.40. The maximum atomic E-state index is 6.29. The Kier molecular flexibility index (Phi) is 3.40. The van der Waals surface area contributed by atoms with Crippen LogP contribution in [0.3, 0.4) is 0 Å². The molecule has 4 heteroatoms. The second-order valence-electron chi connectivity index (χ2n) is 9.32. The predicted molar refractivity (Wildman–Crippen MR) is 115 cm³/mol. The summed E-state index contributed by atoms with van der Waals surface area (Å²) in [6, 6.07) is 15.5. The van der Waals surface area contributed by atoms with Crippen LogP contribution in [0.5, 0.6) is 0 Å². The maximum absolute atomic E-state index is 6.29. The highest BCUT2D eigenvalue weighted by molar-refractivity contribution is 7.22. The molecule has 0 atom stereocenters. The van der Waals surface area contributed by atoms with Gasteiger partial charge in [-0.15, -0.1) is 11.3 Å². The van der Waals surface area contributed by atoms with Crippen LogP contribution >= 0.6 is 11.3 Å². The van der Waals surface area contributed by atoms with Crippen LogP contribution in [-0.2, 0) is 14.7 Å². The molecule has 5 rings (SSSR count). The Bertz CT molecular complexity index is 1060. The van der Waals surface area contributed by atoms with E-state index >= 15 is 0 Å². The van der Waals surface area contributed by atoms with E-state index in [1.54, 1.807) is 0 Å². The van der Waals surface area contributed by atoms with Crippen LogP contribution in [0.4, 0.5) is 0 Å². The number of thiophene rings is 1. The standard InChI is InChI=1S/C23H25BO2S/c1-21(2)17-12-11-14(24-25-22(3,4)23(5,6)26-24)13-16(17)20-19(21)15-9-7-8-10-18(15)27-20/h7-13H,1-6H3. The van der Waals surface area contributed by atoms with Crippen LogP contribution in [-0.4, -0.2) is 18.3 Å². The summed E-state index contributed by atoms with van der Waals surface area (Å²) >= 11 is 1.90. The second-order valence-corrected chi connectivity index (χ2v) is 10.4. The van der Waals surface area contributed by atoms with Gasteiger partial charge in [0.1, 0.15) is 0 Å². The fraction of sp³-hybridized carbons (Fsp3) is 0.391. The van der Waals surface area contributed by atoms with Gasteiger partial charge in [0, 0.05) is 15.0 Å². The molecule has 1 saturated heterocycles. The lowest BCUT2D eigenvalue weighted by Gasteiger charge is -2.32. The highest BCUT2D eigenvalue weighted by atomic mass is 32.1. The monoisotopic (exact) mass is 376 g/mol. The van der Waals surface area contributed by atoms with Crippen molar-refractivity contribution >= 4 is 34.0 Å². The molecule has 2 heterocycles. The van der Waals surface area contributed by atoms with E-state index < -0.39 is 0 Å². The van der Waals surface area contributed by atoms with Crippen LogP contribution in [0.15, 0.2) is 42.5 Å². The fourth-order valence-electron chi connectivity index (χ4n) is 4.41. The summed E-state index contributed by atoms with van der Waals surface area (Å²) in [5.41, 5.74) is 4.67. The second kappa shape index (κ2) is 5.25. The van der Waals surface area contributed by atoms with Gasteiger partial charge in [0.05, 0.1) is 11.2 Å². The minimum Gasteiger partial charge on any atom is -0.399 e. The van der Waals surface area contributed by atoms with Gasteiger partial charge in [-0.1, -0.05) is 50.2 Å². The van der Waals surface area contributed by atoms with Gasteiger partial charge in [-0.05, 0) is 61.3 Å². The molecule has 138 valence electrons. The Morgan fingerprint density at radius 2 is 1.52 bits per heavy atom. The lowest BCUT2D eigenvalue weighted by Crippen LogP contribution is -2.41. The first-order valence-electron chi connectivity index (χ1n) is 9.64. The third-order valence-corrected chi connectivity index (χ3v) is 7.91. The molecule has 1 fully saturated rings. The van der Waals surface area contributed by atoms with E-state index in [1.165, 1.54) is 31.7 Å². The first-order chi connectivity index (χ1) is 12.6. The van der Waals surface area contributed by atoms with Crippen LogP contribution in [0.25, 0.3) is 20.5 Å². The van der Waals surface area contributed by atoms with E-state index in [-0.39, 0.29) is 23.7 Å². The van der Waals surface area contributed by atoms with Crippen molar-refractivity contribution in [2.45, 2.75) is 58.2 Å². The van der Waals surface area contributed by atoms with Crippen molar-refractivity contribution in [2.24, 2.45) is 0 Å². The van der Waals surface area contributed by atoms with Gasteiger partial charge in [-0.2, -0.15) is 0 Å². The smallest absolute Gasteiger partial charge is 0.399 e. The van der Waals surface area contributed by atoms with Crippen molar-refractivity contribution in [1.29, 1.82) is 0 Å². The molecule has 27 heavy (non-hydrogen) atoms. The third-order valence-electron chi connectivity index (χ3n) is 6.71. The molecule has 0 N–H and O–H groups in total. The summed E-state index contributed by atoms with van der Waals surface area (Å²) in [6.45, 7) is 13.1. The van der Waals surface area contributed by atoms with Crippen molar-refractivity contribution in [1.82, 2.24) is 0 Å². The summed E-state index contributed by atoms with van der Waals surface area (Å²) < 4.78 is 13.9. The molecule has 2 aliphatic rings. The Morgan fingerprint density at radius 1 is 0.852 bits per heavy atom. The van der Waals surface area contributed by atoms with Crippen molar-refractivity contribution in [2.75, 3.05) is 0 Å².